The third-order valence-corrected chi connectivity index (χ3v) is 2.49. The van der Waals surface area contributed by atoms with Gasteiger partial charge >= 0.3 is 0 Å². The maximum atomic E-state index is 5.39. The van der Waals surface area contributed by atoms with Gasteiger partial charge in [0.05, 0.1) is 12.3 Å². The molecule has 2 unspecified atom stereocenters. The number of fused-ring (bicyclic) bond motifs is 1. The molecule has 2 nitrogen and oxygen atoms in total. The zero-order valence-corrected chi connectivity index (χ0v) is 6.92. The van der Waals surface area contributed by atoms with Crippen LogP contribution in [0.3, 0.4) is 0 Å². The van der Waals surface area contributed by atoms with Crippen LogP contribution in [0, 0.1) is 5.92 Å². The lowest BCUT2D eigenvalue weighted by atomic mass is 10.1. The van der Waals surface area contributed by atoms with Crippen molar-refractivity contribution in [2.24, 2.45) is 5.92 Å². The van der Waals surface area contributed by atoms with E-state index in [1.807, 2.05) is 7.05 Å². The molecule has 1 aromatic rings. The zero-order valence-electron chi connectivity index (χ0n) is 6.92. The highest BCUT2D eigenvalue weighted by Crippen LogP contribution is 2.35. The molecule has 1 N–H and O–H groups in total. The molecule has 2 rings (SSSR count). The summed E-state index contributed by atoms with van der Waals surface area (Å²) in [4.78, 5) is 0. The van der Waals surface area contributed by atoms with Gasteiger partial charge in [-0.2, -0.15) is 0 Å². The Morgan fingerprint density at radius 3 is 3.18 bits per heavy atom. The highest BCUT2D eigenvalue weighted by atomic mass is 16.3. The molecule has 0 spiro atoms. The van der Waals surface area contributed by atoms with Gasteiger partial charge in [-0.25, -0.2) is 0 Å². The quantitative estimate of drug-likeness (QED) is 0.661. The van der Waals surface area contributed by atoms with E-state index in [9.17, 15) is 0 Å². The topological polar surface area (TPSA) is 25.2 Å². The first-order chi connectivity index (χ1) is 5.33. The minimum absolute atomic E-state index is 0.431. The van der Waals surface area contributed by atoms with Crippen LogP contribution >= 0.6 is 0 Å². The Kier molecular flexibility index (Phi) is 1.50. The summed E-state index contributed by atoms with van der Waals surface area (Å²) in [5, 5.41) is 3.26. The van der Waals surface area contributed by atoms with Crippen LogP contribution in [-0.2, 0) is 6.42 Å². The molecule has 0 amide bonds. The summed E-state index contributed by atoms with van der Waals surface area (Å²) in [5.74, 6) is 1.81. The second-order valence-corrected chi connectivity index (χ2v) is 3.26. The van der Waals surface area contributed by atoms with Gasteiger partial charge in [-0.05, 0) is 31.0 Å². The summed E-state index contributed by atoms with van der Waals surface area (Å²) >= 11 is 0. The van der Waals surface area contributed by atoms with Gasteiger partial charge < -0.3 is 9.73 Å². The molecule has 0 fully saturated rings. The molecular formula is C9H13NO. The Morgan fingerprint density at radius 1 is 1.64 bits per heavy atom. The van der Waals surface area contributed by atoms with Crippen LogP contribution in [0.15, 0.2) is 16.7 Å². The van der Waals surface area contributed by atoms with Crippen LogP contribution in [0.2, 0.25) is 0 Å². The Labute approximate surface area is 66.6 Å². The minimum atomic E-state index is 0.431. The Balaban J connectivity index is 2.35. The molecule has 0 aliphatic heterocycles. The van der Waals surface area contributed by atoms with E-state index in [4.69, 9.17) is 4.42 Å². The first-order valence-electron chi connectivity index (χ1n) is 4.06. The smallest absolute Gasteiger partial charge is 0.124 e. The first kappa shape index (κ1) is 6.92. The predicted molar refractivity (Wildman–Crippen MR) is 43.4 cm³/mol. The third kappa shape index (κ3) is 0.897. The highest BCUT2D eigenvalue weighted by Gasteiger charge is 2.30. The number of nitrogens with one attached hydrogen (secondary N) is 1. The molecule has 1 aromatic heterocycles. The summed E-state index contributed by atoms with van der Waals surface area (Å²) in [6, 6.07) is 2.50. The van der Waals surface area contributed by atoms with Crippen molar-refractivity contribution in [3.63, 3.8) is 0 Å². The van der Waals surface area contributed by atoms with Gasteiger partial charge in [-0.3, -0.25) is 0 Å². The lowest BCUT2D eigenvalue weighted by Crippen LogP contribution is -2.19. The van der Waals surface area contributed by atoms with Crippen molar-refractivity contribution in [1.29, 1.82) is 0 Å². The maximum absolute atomic E-state index is 5.39. The molecule has 0 saturated carbocycles. The van der Waals surface area contributed by atoms with Crippen LogP contribution in [0.1, 0.15) is 24.3 Å². The number of furan rings is 1. The van der Waals surface area contributed by atoms with Gasteiger partial charge in [0.15, 0.2) is 0 Å². The average Bonchev–Trinajstić information content (AvgIpc) is 2.46. The largest absolute Gasteiger partial charge is 0.467 e. The molecular weight excluding hydrogens is 138 g/mol. The molecule has 1 aliphatic carbocycles. The van der Waals surface area contributed by atoms with Crippen LogP contribution in [-0.4, -0.2) is 7.05 Å². The molecule has 0 bridgehead atoms. The highest BCUT2D eigenvalue weighted by molar-refractivity contribution is 5.27. The summed E-state index contributed by atoms with van der Waals surface area (Å²) < 4.78 is 5.39. The first-order valence-corrected chi connectivity index (χ1v) is 4.06. The third-order valence-electron chi connectivity index (χ3n) is 2.49. The van der Waals surface area contributed by atoms with E-state index in [-0.39, 0.29) is 0 Å². The molecule has 60 valence electrons. The second-order valence-electron chi connectivity index (χ2n) is 3.26. The minimum Gasteiger partial charge on any atom is -0.467 e. The second kappa shape index (κ2) is 2.38. The zero-order chi connectivity index (χ0) is 7.84. The number of hydrogen-bond donors (Lipinski definition) is 1. The summed E-state index contributed by atoms with van der Waals surface area (Å²) in [6.07, 6.45) is 2.93. The molecule has 11 heavy (non-hydrogen) atoms. The SMILES string of the molecule is CNC1c2occc2CC1C. The van der Waals surface area contributed by atoms with Crippen molar-refractivity contribution in [3.05, 3.63) is 23.7 Å². The molecule has 0 aromatic carbocycles. The fourth-order valence-corrected chi connectivity index (χ4v) is 1.93. The Bertz CT molecular complexity index is 254. The van der Waals surface area contributed by atoms with Gasteiger partial charge in [0.1, 0.15) is 5.76 Å². The van der Waals surface area contributed by atoms with Crippen molar-refractivity contribution < 1.29 is 4.42 Å². The number of rotatable bonds is 1. The Hall–Kier alpha value is -0.760. The van der Waals surface area contributed by atoms with Crippen molar-refractivity contribution in [3.8, 4) is 0 Å². The predicted octanol–water partition coefficient (Wildman–Crippen LogP) is 1.73. The summed E-state index contributed by atoms with van der Waals surface area (Å²) in [7, 11) is 1.98. The van der Waals surface area contributed by atoms with E-state index in [0.29, 0.717) is 12.0 Å². The summed E-state index contributed by atoms with van der Waals surface area (Å²) in [6.45, 7) is 2.25. The van der Waals surface area contributed by atoms with E-state index in [1.54, 1.807) is 6.26 Å². The molecule has 1 aliphatic rings. The van der Waals surface area contributed by atoms with Crippen molar-refractivity contribution in [2.45, 2.75) is 19.4 Å². The molecule has 0 radical (unpaired) electrons. The fourth-order valence-electron chi connectivity index (χ4n) is 1.93. The van der Waals surface area contributed by atoms with Gasteiger partial charge in [-0.1, -0.05) is 6.92 Å². The van der Waals surface area contributed by atoms with Crippen LogP contribution in [0.25, 0.3) is 0 Å². The van der Waals surface area contributed by atoms with Crippen molar-refractivity contribution >= 4 is 0 Å². The average molecular weight is 151 g/mol. The fraction of sp³-hybridized carbons (Fsp3) is 0.556. The Morgan fingerprint density at radius 2 is 2.45 bits per heavy atom. The molecule has 2 heteroatoms. The standard InChI is InChI=1S/C9H13NO/c1-6-5-7-3-4-11-9(7)8(6)10-2/h3-4,6,8,10H,5H2,1-2H3. The van der Waals surface area contributed by atoms with E-state index < -0.39 is 0 Å². The van der Waals surface area contributed by atoms with Crippen molar-refractivity contribution in [1.82, 2.24) is 5.32 Å². The van der Waals surface area contributed by atoms with Crippen molar-refractivity contribution in [2.75, 3.05) is 7.05 Å². The van der Waals surface area contributed by atoms with Crippen LogP contribution in [0.4, 0.5) is 0 Å². The van der Waals surface area contributed by atoms with Gasteiger partial charge in [0.2, 0.25) is 0 Å². The molecule has 2 atom stereocenters. The van der Waals surface area contributed by atoms with Gasteiger partial charge in [0, 0.05) is 0 Å². The number of hydrogen-bond acceptors (Lipinski definition) is 2. The van der Waals surface area contributed by atoms with E-state index >= 15 is 0 Å². The maximum Gasteiger partial charge on any atom is 0.124 e. The van der Waals surface area contributed by atoms with Crippen LogP contribution < -0.4 is 5.32 Å². The lowest BCUT2D eigenvalue weighted by Gasteiger charge is -2.12. The monoisotopic (exact) mass is 151 g/mol. The molecule has 0 saturated heterocycles. The van der Waals surface area contributed by atoms with E-state index in [0.717, 1.165) is 12.2 Å². The van der Waals surface area contributed by atoms with E-state index in [2.05, 4.69) is 18.3 Å². The normalized spacial score (nSPS) is 28.9. The molecule has 1 heterocycles. The van der Waals surface area contributed by atoms with Crippen LogP contribution in [0.5, 0.6) is 0 Å². The lowest BCUT2D eigenvalue weighted by molar-refractivity contribution is 0.375. The van der Waals surface area contributed by atoms with Gasteiger partial charge in [-0.15, -0.1) is 0 Å². The van der Waals surface area contributed by atoms with Gasteiger partial charge in [0.25, 0.3) is 0 Å². The van der Waals surface area contributed by atoms with E-state index in [1.165, 1.54) is 5.56 Å². The summed E-state index contributed by atoms with van der Waals surface area (Å²) in [5.41, 5.74) is 1.37.